The number of fused-ring (bicyclic) bond motifs is 1. The van der Waals surface area contributed by atoms with Crippen molar-refractivity contribution in [2.24, 2.45) is 0 Å². The van der Waals surface area contributed by atoms with E-state index in [2.05, 4.69) is 17.0 Å². The number of aromatic hydroxyl groups is 1. The van der Waals surface area contributed by atoms with Crippen molar-refractivity contribution in [3.8, 4) is 17.2 Å². The summed E-state index contributed by atoms with van der Waals surface area (Å²) in [6.07, 6.45) is 0.971. The van der Waals surface area contributed by atoms with Crippen LogP contribution in [0.4, 0.5) is 0 Å². The molecule has 1 aliphatic heterocycles. The predicted octanol–water partition coefficient (Wildman–Crippen LogP) is 3.75. The van der Waals surface area contributed by atoms with Gasteiger partial charge in [-0.05, 0) is 61.2 Å². The lowest BCUT2D eigenvalue weighted by atomic mass is 9.99. The minimum absolute atomic E-state index is 0.357. The molecule has 0 aliphatic carbocycles. The molecule has 2 aromatic rings. The third-order valence-corrected chi connectivity index (χ3v) is 4.30. The highest BCUT2D eigenvalue weighted by Crippen LogP contribution is 2.30. The fourth-order valence-corrected chi connectivity index (χ4v) is 3.18. The first-order valence-electron chi connectivity index (χ1n) is 8.61. The van der Waals surface area contributed by atoms with Gasteiger partial charge in [-0.1, -0.05) is 12.1 Å². The van der Waals surface area contributed by atoms with Crippen molar-refractivity contribution < 1.29 is 14.6 Å². The molecule has 4 heteroatoms. The Labute approximate surface area is 143 Å². The number of hydrogen-bond donors (Lipinski definition) is 1. The lowest BCUT2D eigenvalue weighted by Gasteiger charge is -2.29. The molecule has 128 valence electrons. The first kappa shape index (κ1) is 16.7. The SMILES string of the molecule is CCOc1ccc(CN2CCc3cc(O)ccc3C2)cc1OCC. The summed E-state index contributed by atoms with van der Waals surface area (Å²) >= 11 is 0. The number of hydrogen-bond acceptors (Lipinski definition) is 4. The summed E-state index contributed by atoms with van der Waals surface area (Å²) in [6.45, 7) is 8.01. The monoisotopic (exact) mass is 327 g/mol. The summed E-state index contributed by atoms with van der Waals surface area (Å²) < 4.78 is 11.3. The van der Waals surface area contributed by atoms with Crippen LogP contribution in [0.1, 0.15) is 30.5 Å². The molecule has 1 heterocycles. The summed E-state index contributed by atoms with van der Waals surface area (Å²) in [5, 5.41) is 9.60. The number of ether oxygens (including phenoxy) is 2. The number of phenols is 1. The maximum Gasteiger partial charge on any atom is 0.161 e. The molecule has 2 aromatic carbocycles. The van der Waals surface area contributed by atoms with Gasteiger partial charge in [-0.25, -0.2) is 0 Å². The largest absolute Gasteiger partial charge is 0.508 e. The smallest absolute Gasteiger partial charge is 0.161 e. The molecule has 0 atom stereocenters. The molecular weight excluding hydrogens is 302 g/mol. The van der Waals surface area contributed by atoms with Crippen molar-refractivity contribution in [2.45, 2.75) is 33.4 Å². The number of nitrogens with zero attached hydrogens (tertiary/aromatic N) is 1. The Balaban J connectivity index is 1.72. The summed E-state index contributed by atoms with van der Waals surface area (Å²) in [4.78, 5) is 2.42. The Morgan fingerprint density at radius 3 is 2.54 bits per heavy atom. The van der Waals surface area contributed by atoms with E-state index in [4.69, 9.17) is 9.47 Å². The van der Waals surface area contributed by atoms with Gasteiger partial charge in [0.1, 0.15) is 5.75 Å². The van der Waals surface area contributed by atoms with Crippen LogP contribution in [-0.2, 0) is 19.5 Å². The van der Waals surface area contributed by atoms with Gasteiger partial charge in [-0.15, -0.1) is 0 Å². The van der Waals surface area contributed by atoms with Gasteiger partial charge < -0.3 is 14.6 Å². The summed E-state index contributed by atoms with van der Waals surface area (Å²) in [5.74, 6) is 1.98. The van der Waals surface area contributed by atoms with Crippen LogP contribution in [0.25, 0.3) is 0 Å². The van der Waals surface area contributed by atoms with E-state index < -0.39 is 0 Å². The van der Waals surface area contributed by atoms with Crippen molar-refractivity contribution in [1.82, 2.24) is 4.90 Å². The zero-order valence-electron chi connectivity index (χ0n) is 14.4. The van der Waals surface area contributed by atoms with Crippen LogP contribution in [0.15, 0.2) is 36.4 Å². The van der Waals surface area contributed by atoms with E-state index in [1.165, 1.54) is 16.7 Å². The van der Waals surface area contributed by atoms with Crippen molar-refractivity contribution in [1.29, 1.82) is 0 Å². The van der Waals surface area contributed by atoms with Crippen LogP contribution in [-0.4, -0.2) is 29.8 Å². The van der Waals surface area contributed by atoms with Crippen molar-refractivity contribution in [3.05, 3.63) is 53.1 Å². The molecule has 4 nitrogen and oxygen atoms in total. The Morgan fingerprint density at radius 1 is 0.958 bits per heavy atom. The van der Waals surface area contributed by atoms with E-state index in [9.17, 15) is 5.11 Å². The van der Waals surface area contributed by atoms with Gasteiger partial charge in [0.15, 0.2) is 11.5 Å². The second-order valence-electron chi connectivity index (χ2n) is 6.06. The van der Waals surface area contributed by atoms with Crippen LogP contribution in [0.2, 0.25) is 0 Å². The van der Waals surface area contributed by atoms with Crippen LogP contribution in [0.3, 0.4) is 0 Å². The fraction of sp³-hybridized carbons (Fsp3) is 0.400. The zero-order valence-corrected chi connectivity index (χ0v) is 14.4. The second kappa shape index (κ2) is 7.58. The van der Waals surface area contributed by atoms with E-state index in [0.29, 0.717) is 19.0 Å². The molecule has 0 aromatic heterocycles. The van der Waals surface area contributed by atoms with Gasteiger partial charge in [0.05, 0.1) is 13.2 Å². The molecule has 0 saturated heterocycles. The minimum Gasteiger partial charge on any atom is -0.508 e. The standard InChI is InChI=1S/C20H25NO3/c1-3-23-19-8-5-15(11-20(19)24-4-2)13-21-10-9-16-12-18(22)7-6-17(16)14-21/h5-8,11-12,22H,3-4,9-10,13-14H2,1-2H3. The van der Waals surface area contributed by atoms with Gasteiger partial charge in [-0.2, -0.15) is 0 Å². The maximum absolute atomic E-state index is 9.60. The summed E-state index contributed by atoms with van der Waals surface area (Å²) in [7, 11) is 0. The number of benzene rings is 2. The third kappa shape index (κ3) is 3.82. The Morgan fingerprint density at radius 2 is 1.75 bits per heavy atom. The maximum atomic E-state index is 9.60. The van der Waals surface area contributed by atoms with Crippen LogP contribution >= 0.6 is 0 Å². The molecule has 1 N–H and O–H groups in total. The van der Waals surface area contributed by atoms with Gasteiger partial charge >= 0.3 is 0 Å². The molecule has 0 amide bonds. The highest BCUT2D eigenvalue weighted by atomic mass is 16.5. The van der Waals surface area contributed by atoms with E-state index in [-0.39, 0.29) is 0 Å². The van der Waals surface area contributed by atoms with Crippen LogP contribution in [0.5, 0.6) is 17.2 Å². The van der Waals surface area contributed by atoms with Gasteiger partial charge in [-0.3, -0.25) is 4.90 Å². The van der Waals surface area contributed by atoms with Crippen LogP contribution < -0.4 is 9.47 Å². The number of phenolic OH excluding ortho intramolecular Hbond substituents is 1. The zero-order chi connectivity index (χ0) is 16.9. The van der Waals surface area contributed by atoms with Crippen LogP contribution in [0, 0.1) is 0 Å². The molecule has 0 fully saturated rings. The molecule has 0 bridgehead atoms. The van der Waals surface area contributed by atoms with E-state index in [1.54, 1.807) is 6.07 Å². The molecule has 24 heavy (non-hydrogen) atoms. The molecule has 0 unspecified atom stereocenters. The lowest BCUT2D eigenvalue weighted by molar-refractivity contribution is 0.243. The van der Waals surface area contributed by atoms with Gasteiger partial charge in [0.2, 0.25) is 0 Å². The average Bonchev–Trinajstić information content (AvgIpc) is 2.58. The van der Waals surface area contributed by atoms with Gasteiger partial charge in [0, 0.05) is 19.6 Å². The molecule has 0 spiro atoms. The molecule has 0 saturated carbocycles. The van der Waals surface area contributed by atoms with Crippen molar-refractivity contribution in [2.75, 3.05) is 19.8 Å². The first-order valence-corrected chi connectivity index (χ1v) is 8.61. The number of rotatable bonds is 6. The van der Waals surface area contributed by atoms with E-state index in [0.717, 1.165) is 37.6 Å². The average molecular weight is 327 g/mol. The first-order chi connectivity index (χ1) is 11.7. The summed E-state index contributed by atoms with van der Waals surface area (Å²) in [6, 6.07) is 11.9. The van der Waals surface area contributed by atoms with Crippen molar-refractivity contribution in [3.63, 3.8) is 0 Å². The topological polar surface area (TPSA) is 41.9 Å². The highest BCUT2D eigenvalue weighted by molar-refractivity contribution is 5.43. The Bertz CT molecular complexity index is 699. The Kier molecular flexibility index (Phi) is 5.26. The summed E-state index contributed by atoms with van der Waals surface area (Å²) in [5.41, 5.74) is 3.78. The molecule has 0 radical (unpaired) electrons. The normalized spacial score (nSPS) is 14.2. The highest BCUT2D eigenvalue weighted by Gasteiger charge is 2.17. The quantitative estimate of drug-likeness (QED) is 0.877. The van der Waals surface area contributed by atoms with E-state index in [1.807, 2.05) is 32.0 Å². The van der Waals surface area contributed by atoms with Gasteiger partial charge in [0.25, 0.3) is 0 Å². The molecular formula is C20H25NO3. The molecule has 1 aliphatic rings. The van der Waals surface area contributed by atoms with Crippen molar-refractivity contribution >= 4 is 0 Å². The fourth-order valence-electron chi connectivity index (χ4n) is 3.18. The van der Waals surface area contributed by atoms with E-state index >= 15 is 0 Å². The predicted molar refractivity (Wildman–Crippen MR) is 94.7 cm³/mol. The minimum atomic E-state index is 0.357. The third-order valence-electron chi connectivity index (χ3n) is 4.30. The lowest BCUT2D eigenvalue weighted by Crippen LogP contribution is -2.30. The Hall–Kier alpha value is -2.20. The second-order valence-corrected chi connectivity index (χ2v) is 6.06. The molecule has 3 rings (SSSR count).